The standard InChI is InChI=1S/C12H10ClF2N3O2/c1-7(19)4-8-6-18(17-16-8)9-2-3-10(13)11(5-9)20-12(14)15/h2-6,12,19H,1H3. The molecule has 0 aliphatic heterocycles. The van der Waals surface area contributed by atoms with Crippen LogP contribution in [0, 0.1) is 0 Å². The van der Waals surface area contributed by atoms with E-state index in [2.05, 4.69) is 15.0 Å². The van der Waals surface area contributed by atoms with Crippen LogP contribution in [0.3, 0.4) is 0 Å². The van der Waals surface area contributed by atoms with Crippen LogP contribution in [0.4, 0.5) is 8.78 Å². The minimum atomic E-state index is -2.96. The zero-order chi connectivity index (χ0) is 14.7. The van der Waals surface area contributed by atoms with Gasteiger partial charge < -0.3 is 9.84 Å². The summed E-state index contributed by atoms with van der Waals surface area (Å²) in [5.41, 5.74) is 0.879. The van der Waals surface area contributed by atoms with Crippen molar-refractivity contribution in [2.75, 3.05) is 0 Å². The molecule has 0 atom stereocenters. The number of nitrogens with zero attached hydrogens (tertiary/aromatic N) is 3. The SMILES string of the molecule is CC(O)=Cc1cn(-c2ccc(Cl)c(OC(F)F)c2)nn1. The van der Waals surface area contributed by atoms with Gasteiger partial charge in [-0.05, 0) is 19.1 Å². The average molecular weight is 302 g/mol. The number of hydrogen-bond donors (Lipinski definition) is 1. The Bertz CT molecular complexity index is 639. The van der Waals surface area contributed by atoms with E-state index in [1.54, 1.807) is 6.07 Å². The highest BCUT2D eigenvalue weighted by atomic mass is 35.5. The number of benzene rings is 1. The van der Waals surface area contributed by atoms with Crippen LogP contribution in [-0.4, -0.2) is 26.7 Å². The third-order valence-electron chi connectivity index (χ3n) is 2.26. The second kappa shape index (κ2) is 5.87. The van der Waals surface area contributed by atoms with Crippen molar-refractivity contribution in [2.45, 2.75) is 13.5 Å². The summed E-state index contributed by atoms with van der Waals surface area (Å²) in [6.45, 7) is -1.47. The van der Waals surface area contributed by atoms with Crippen molar-refractivity contribution in [2.24, 2.45) is 0 Å². The molecule has 0 bridgehead atoms. The van der Waals surface area contributed by atoms with E-state index in [0.29, 0.717) is 11.4 Å². The molecule has 1 aromatic carbocycles. The van der Waals surface area contributed by atoms with Crippen molar-refractivity contribution >= 4 is 17.7 Å². The number of allylic oxidation sites excluding steroid dienone is 1. The molecule has 0 unspecified atom stereocenters. The Hall–Kier alpha value is -2.15. The summed E-state index contributed by atoms with van der Waals surface area (Å²) in [5, 5.41) is 16.8. The van der Waals surface area contributed by atoms with Crippen LogP contribution in [0.5, 0.6) is 5.75 Å². The van der Waals surface area contributed by atoms with Crippen molar-refractivity contribution in [1.82, 2.24) is 15.0 Å². The van der Waals surface area contributed by atoms with Crippen LogP contribution in [0.25, 0.3) is 11.8 Å². The third kappa shape index (κ3) is 3.45. The molecule has 0 amide bonds. The molecule has 2 aromatic rings. The molecule has 0 fully saturated rings. The Morgan fingerprint density at radius 1 is 1.50 bits per heavy atom. The highest BCUT2D eigenvalue weighted by molar-refractivity contribution is 6.32. The first-order valence-corrected chi connectivity index (χ1v) is 5.88. The Morgan fingerprint density at radius 3 is 2.90 bits per heavy atom. The summed E-state index contributed by atoms with van der Waals surface area (Å²) >= 11 is 5.76. The first-order valence-electron chi connectivity index (χ1n) is 5.50. The van der Waals surface area contributed by atoms with Crippen LogP contribution in [-0.2, 0) is 0 Å². The minimum absolute atomic E-state index is 0.0699. The summed E-state index contributed by atoms with van der Waals surface area (Å²) in [5.74, 6) is -0.0695. The molecule has 0 saturated heterocycles. The van der Waals surface area contributed by atoms with E-state index in [0.717, 1.165) is 0 Å². The van der Waals surface area contributed by atoms with Gasteiger partial charge in [0.25, 0.3) is 0 Å². The van der Waals surface area contributed by atoms with Crippen LogP contribution >= 0.6 is 11.6 Å². The maximum Gasteiger partial charge on any atom is 0.387 e. The van der Waals surface area contributed by atoms with Gasteiger partial charge in [0.1, 0.15) is 11.4 Å². The Balaban J connectivity index is 2.33. The lowest BCUT2D eigenvalue weighted by Crippen LogP contribution is -2.03. The van der Waals surface area contributed by atoms with Gasteiger partial charge in [0, 0.05) is 12.1 Å². The van der Waals surface area contributed by atoms with Gasteiger partial charge in [-0.2, -0.15) is 8.78 Å². The molecule has 5 nitrogen and oxygen atoms in total. The Morgan fingerprint density at radius 2 is 2.25 bits per heavy atom. The number of ether oxygens (including phenoxy) is 1. The molecule has 0 aliphatic carbocycles. The van der Waals surface area contributed by atoms with E-state index in [1.807, 2.05) is 0 Å². The molecule has 1 N–H and O–H groups in total. The topological polar surface area (TPSA) is 60.2 Å². The molecule has 20 heavy (non-hydrogen) atoms. The normalized spacial score (nSPS) is 11.9. The zero-order valence-electron chi connectivity index (χ0n) is 10.3. The number of aliphatic hydroxyl groups excluding tert-OH is 1. The number of hydrogen-bond acceptors (Lipinski definition) is 4. The number of halogens is 3. The van der Waals surface area contributed by atoms with E-state index >= 15 is 0 Å². The third-order valence-corrected chi connectivity index (χ3v) is 2.58. The second-order valence-electron chi connectivity index (χ2n) is 3.87. The first-order chi connectivity index (χ1) is 9.45. The lowest BCUT2D eigenvalue weighted by molar-refractivity contribution is -0.0497. The van der Waals surface area contributed by atoms with E-state index < -0.39 is 6.61 Å². The molecule has 0 saturated carbocycles. The molecule has 1 heterocycles. The molecule has 106 valence electrons. The maximum absolute atomic E-state index is 12.2. The van der Waals surface area contributed by atoms with Crippen molar-refractivity contribution < 1.29 is 18.6 Å². The van der Waals surface area contributed by atoms with Gasteiger partial charge in [-0.15, -0.1) is 5.10 Å². The lowest BCUT2D eigenvalue weighted by Gasteiger charge is -2.08. The Kier molecular flexibility index (Phi) is 4.19. The van der Waals surface area contributed by atoms with Crippen molar-refractivity contribution in [3.8, 4) is 11.4 Å². The quantitative estimate of drug-likeness (QED) is 0.879. The highest BCUT2D eigenvalue weighted by Gasteiger charge is 2.11. The van der Waals surface area contributed by atoms with E-state index in [-0.39, 0.29) is 16.5 Å². The van der Waals surface area contributed by atoms with Crippen molar-refractivity contribution in [3.05, 3.63) is 40.9 Å². The largest absolute Gasteiger partial charge is 0.513 e. The lowest BCUT2D eigenvalue weighted by atomic mass is 10.3. The minimum Gasteiger partial charge on any atom is -0.513 e. The van der Waals surface area contributed by atoms with Crippen molar-refractivity contribution in [1.29, 1.82) is 0 Å². The summed E-state index contributed by atoms with van der Waals surface area (Å²) in [4.78, 5) is 0. The monoisotopic (exact) mass is 301 g/mol. The molecule has 1 aromatic heterocycles. The fraction of sp³-hybridized carbons (Fsp3) is 0.167. The molecule has 0 aliphatic rings. The smallest absolute Gasteiger partial charge is 0.387 e. The number of rotatable bonds is 4. The molecule has 8 heteroatoms. The van der Waals surface area contributed by atoms with Gasteiger partial charge in [-0.3, -0.25) is 0 Å². The highest BCUT2D eigenvalue weighted by Crippen LogP contribution is 2.28. The predicted molar refractivity (Wildman–Crippen MR) is 69.3 cm³/mol. The average Bonchev–Trinajstić information content (AvgIpc) is 2.79. The summed E-state index contributed by atoms with van der Waals surface area (Å²) in [7, 11) is 0. The van der Waals surface area contributed by atoms with Gasteiger partial charge in [0.2, 0.25) is 0 Å². The first kappa shape index (κ1) is 14.3. The fourth-order valence-electron chi connectivity index (χ4n) is 1.50. The number of alkyl halides is 2. The predicted octanol–water partition coefficient (Wildman–Crippen LogP) is 3.44. The Labute approximate surface area is 118 Å². The van der Waals surface area contributed by atoms with Gasteiger partial charge in [0.15, 0.2) is 0 Å². The van der Waals surface area contributed by atoms with Gasteiger partial charge >= 0.3 is 6.61 Å². The molecular weight excluding hydrogens is 292 g/mol. The zero-order valence-corrected chi connectivity index (χ0v) is 11.1. The van der Waals surface area contributed by atoms with Gasteiger partial charge in [0.05, 0.1) is 22.7 Å². The number of aromatic nitrogens is 3. The van der Waals surface area contributed by atoms with Crippen LogP contribution in [0.15, 0.2) is 30.2 Å². The maximum atomic E-state index is 12.2. The molecule has 2 rings (SSSR count). The molecular formula is C12H10ClF2N3O2. The van der Waals surface area contributed by atoms with Gasteiger partial charge in [-0.1, -0.05) is 16.8 Å². The summed E-state index contributed by atoms with van der Waals surface area (Å²) in [6.07, 6.45) is 2.94. The summed E-state index contributed by atoms with van der Waals surface area (Å²) < 4.78 is 30.1. The van der Waals surface area contributed by atoms with E-state index in [4.69, 9.17) is 16.7 Å². The molecule has 0 spiro atoms. The van der Waals surface area contributed by atoms with Crippen LogP contribution in [0.2, 0.25) is 5.02 Å². The van der Waals surface area contributed by atoms with E-state index in [1.165, 1.54) is 36.0 Å². The van der Waals surface area contributed by atoms with Crippen LogP contribution < -0.4 is 4.74 Å². The van der Waals surface area contributed by atoms with Crippen LogP contribution in [0.1, 0.15) is 12.6 Å². The van der Waals surface area contributed by atoms with Crippen molar-refractivity contribution in [3.63, 3.8) is 0 Å². The van der Waals surface area contributed by atoms with Gasteiger partial charge in [-0.25, -0.2) is 4.68 Å². The van der Waals surface area contributed by atoms with E-state index in [9.17, 15) is 8.78 Å². The fourth-order valence-corrected chi connectivity index (χ4v) is 1.67. The second-order valence-corrected chi connectivity index (χ2v) is 4.27. The number of aliphatic hydroxyl groups is 1. The summed E-state index contributed by atoms with van der Waals surface area (Å²) in [6, 6.07) is 4.32. The molecule has 0 radical (unpaired) electrons.